The molecule has 0 N–H and O–H groups in total. The van der Waals surface area contributed by atoms with Gasteiger partial charge in [0.05, 0.1) is 23.9 Å². The van der Waals surface area contributed by atoms with Gasteiger partial charge in [-0.25, -0.2) is 4.68 Å². The fourth-order valence-corrected chi connectivity index (χ4v) is 4.04. The van der Waals surface area contributed by atoms with E-state index in [0.29, 0.717) is 36.2 Å². The number of carbonyl (C=O) groups excluding carboxylic acids is 1. The minimum absolute atomic E-state index is 0.137. The van der Waals surface area contributed by atoms with Crippen LogP contribution in [0.25, 0.3) is 5.69 Å². The topological polar surface area (TPSA) is 67.7 Å². The second-order valence-electron chi connectivity index (χ2n) is 7.75. The number of benzene rings is 2. The Balaban J connectivity index is 1.62. The van der Waals surface area contributed by atoms with Crippen molar-refractivity contribution < 1.29 is 9.53 Å². The maximum atomic E-state index is 13.2. The second kappa shape index (κ2) is 9.54. The number of hydrogen-bond acceptors (Lipinski definition) is 5. The average Bonchev–Trinajstić information content (AvgIpc) is 2.80. The van der Waals surface area contributed by atoms with Crippen LogP contribution < -0.4 is 10.3 Å². The quantitative estimate of drug-likeness (QED) is 0.594. The van der Waals surface area contributed by atoms with Crippen molar-refractivity contribution in [3.63, 3.8) is 0 Å². The minimum atomic E-state index is -0.437. The molecule has 0 saturated carbocycles. The van der Waals surface area contributed by atoms with Gasteiger partial charge < -0.3 is 14.5 Å². The van der Waals surface area contributed by atoms with Gasteiger partial charge in [-0.15, -0.1) is 0 Å². The average molecular weight is 453 g/mol. The third kappa shape index (κ3) is 4.54. The number of hydrogen-bond donors (Lipinski definition) is 0. The van der Waals surface area contributed by atoms with Crippen LogP contribution in [0.3, 0.4) is 0 Å². The molecule has 0 unspecified atom stereocenters. The lowest BCUT2D eigenvalue weighted by Crippen LogP contribution is -2.38. The van der Waals surface area contributed by atoms with Crippen LogP contribution in [0, 0.1) is 6.92 Å². The van der Waals surface area contributed by atoms with E-state index >= 15 is 0 Å². The van der Waals surface area contributed by atoms with Gasteiger partial charge in [-0.1, -0.05) is 41.9 Å². The maximum Gasteiger partial charge on any atom is 0.278 e. The summed E-state index contributed by atoms with van der Waals surface area (Å²) in [5.41, 5.74) is 2.73. The first-order chi connectivity index (χ1) is 15.5. The maximum absolute atomic E-state index is 13.2. The zero-order chi connectivity index (χ0) is 22.7. The van der Waals surface area contributed by atoms with Gasteiger partial charge in [-0.05, 0) is 30.7 Å². The second-order valence-corrected chi connectivity index (χ2v) is 8.16. The van der Waals surface area contributed by atoms with Crippen LogP contribution in [0.15, 0.2) is 59.4 Å². The van der Waals surface area contributed by atoms with Crippen LogP contribution in [0.2, 0.25) is 5.02 Å². The molecule has 2 heterocycles. The number of anilines is 1. The van der Waals surface area contributed by atoms with Crippen molar-refractivity contribution >= 4 is 23.2 Å². The summed E-state index contributed by atoms with van der Waals surface area (Å²) in [6.45, 7) is 5.07. The number of aromatic nitrogens is 2. The molecule has 2 aromatic carbocycles. The Morgan fingerprint density at radius 3 is 2.47 bits per heavy atom. The minimum Gasteiger partial charge on any atom is -0.378 e. The van der Waals surface area contributed by atoms with Crippen molar-refractivity contribution in [1.82, 2.24) is 14.7 Å². The molecular formula is C24H25ClN4O3. The van der Waals surface area contributed by atoms with Gasteiger partial charge in [-0.3, -0.25) is 9.59 Å². The predicted molar refractivity (Wildman–Crippen MR) is 125 cm³/mol. The Morgan fingerprint density at radius 1 is 1.09 bits per heavy atom. The van der Waals surface area contributed by atoms with Crippen LogP contribution >= 0.6 is 11.6 Å². The highest BCUT2D eigenvalue weighted by atomic mass is 35.5. The first kappa shape index (κ1) is 22.0. The standard InChI is InChI=1S/C24H25ClN4O3/c1-17-15-22(30)23(26-29(17)21-10-6-4-8-19(21)25)24(31)27(2)16-18-7-3-5-9-20(18)28-11-13-32-14-12-28/h3-10,15H,11-14,16H2,1-2H3. The molecule has 1 aliphatic heterocycles. The molecule has 4 rings (SSSR count). The Bertz CT molecular complexity index is 1190. The SMILES string of the molecule is Cc1cc(=O)c(C(=O)N(C)Cc2ccccc2N2CCOCC2)nn1-c1ccccc1Cl. The van der Waals surface area contributed by atoms with Crippen molar-refractivity contribution in [2.45, 2.75) is 13.5 Å². The van der Waals surface area contributed by atoms with Crippen LogP contribution in [-0.2, 0) is 11.3 Å². The number of halogens is 1. The normalized spacial score (nSPS) is 13.8. The van der Waals surface area contributed by atoms with Crippen LogP contribution in [-0.4, -0.2) is 53.9 Å². The Kier molecular flexibility index (Phi) is 6.58. The van der Waals surface area contributed by atoms with E-state index in [-0.39, 0.29) is 5.69 Å². The number of ether oxygens (including phenoxy) is 1. The number of rotatable bonds is 5. The van der Waals surface area contributed by atoms with Gasteiger partial charge in [0.1, 0.15) is 0 Å². The molecular weight excluding hydrogens is 428 g/mol. The van der Waals surface area contributed by atoms with Crippen LogP contribution in [0.5, 0.6) is 0 Å². The first-order valence-corrected chi connectivity index (χ1v) is 10.9. The Morgan fingerprint density at radius 2 is 1.75 bits per heavy atom. The fraction of sp³-hybridized carbons (Fsp3) is 0.292. The van der Waals surface area contributed by atoms with Gasteiger partial charge in [0.25, 0.3) is 5.91 Å². The summed E-state index contributed by atoms with van der Waals surface area (Å²) in [5.74, 6) is -0.437. The molecule has 32 heavy (non-hydrogen) atoms. The number of nitrogens with zero attached hydrogens (tertiary/aromatic N) is 4. The summed E-state index contributed by atoms with van der Waals surface area (Å²) in [4.78, 5) is 29.6. The highest BCUT2D eigenvalue weighted by Gasteiger charge is 2.22. The summed E-state index contributed by atoms with van der Waals surface area (Å²) in [6.07, 6.45) is 0. The van der Waals surface area contributed by atoms with Crippen LogP contribution in [0.1, 0.15) is 21.7 Å². The molecule has 1 amide bonds. The molecule has 0 bridgehead atoms. The van der Waals surface area contributed by atoms with E-state index < -0.39 is 11.3 Å². The summed E-state index contributed by atoms with van der Waals surface area (Å²) in [7, 11) is 1.68. The molecule has 7 nitrogen and oxygen atoms in total. The molecule has 3 aromatic rings. The largest absolute Gasteiger partial charge is 0.378 e. The number of para-hydroxylation sites is 2. The lowest BCUT2D eigenvalue weighted by atomic mass is 10.1. The van der Waals surface area contributed by atoms with Crippen molar-refractivity contribution in [1.29, 1.82) is 0 Å². The smallest absolute Gasteiger partial charge is 0.278 e. The third-order valence-electron chi connectivity index (χ3n) is 5.49. The summed E-state index contributed by atoms with van der Waals surface area (Å²) in [5, 5.41) is 4.86. The Labute approximate surface area is 191 Å². The first-order valence-electron chi connectivity index (χ1n) is 10.5. The van der Waals surface area contributed by atoms with Crippen molar-refractivity contribution in [2.75, 3.05) is 38.3 Å². The lowest BCUT2D eigenvalue weighted by molar-refractivity contribution is 0.0775. The van der Waals surface area contributed by atoms with Crippen LogP contribution in [0.4, 0.5) is 5.69 Å². The monoisotopic (exact) mass is 452 g/mol. The van der Waals surface area contributed by atoms with Gasteiger partial charge >= 0.3 is 0 Å². The van der Waals surface area contributed by atoms with Crippen molar-refractivity contribution in [3.8, 4) is 5.69 Å². The number of morpholine rings is 1. The molecule has 166 valence electrons. The fourth-order valence-electron chi connectivity index (χ4n) is 3.83. The van der Waals surface area contributed by atoms with E-state index in [4.69, 9.17) is 16.3 Å². The molecule has 8 heteroatoms. The highest BCUT2D eigenvalue weighted by molar-refractivity contribution is 6.32. The lowest BCUT2D eigenvalue weighted by Gasteiger charge is -2.31. The van der Waals surface area contributed by atoms with Crippen molar-refractivity contribution in [3.05, 3.63) is 86.8 Å². The molecule has 1 saturated heterocycles. The van der Waals surface area contributed by atoms with Gasteiger partial charge in [0.15, 0.2) is 5.69 Å². The van der Waals surface area contributed by atoms with E-state index in [9.17, 15) is 9.59 Å². The zero-order valence-corrected chi connectivity index (χ0v) is 18.9. The number of carbonyl (C=O) groups is 1. The van der Waals surface area contributed by atoms with Crippen molar-refractivity contribution in [2.24, 2.45) is 0 Å². The number of amides is 1. The molecule has 0 aliphatic carbocycles. The van der Waals surface area contributed by atoms with E-state index in [1.54, 1.807) is 26.1 Å². The summed E-state index contributed by atoms with van der Waals surface area (Å²) < 4.78 is 6.99. The van der Waals surface area contributed by atoms with Gasteiger partial charge in [-0.2, -0.15) is 5.10 Å². The Hall–Kier alpha value is -3.16. The van der Waals surface area contributed by atoms with E-state index in [1.165, 1.54) is 15.6 Å². The molecule has 1 aliphatic rings. The van der Waals surface area contributed by atoms with E-state index in [1.807, 2.05) is 36.4 Å². The predicted octanol–water partition coefficient (Wildman–Crippen LogP) is 3.30. The van der Waals surface area contributed by atoms with Gasteiger partial charge in [0.2, 0.25) is 5.43 Å². The molecule has 1 aromatic heterocycles. The summed E-state index contributed by atoms with van der Waals surface area (Å²) in [6, 6.07) is 16.6. The highest BCUT2D eigenvalue weighted by Crippen LogP contribution is 2.23. The molecule has 1 fully saturated rings. The third-order valence-corrected chi connectivity index (χ3v) is 5.81. The molecule has 0 radical (unpaired) electrons. The zero-order valence-electron chi connectivity index (χ0n) is 18.1. The summed E-state index contributed by atoms with van der Waals surface area (Å²) >= 11 is 6.32. The van der Waals surface area contributed by atoms with E-state index in [2.05, 4.69) is 10.00 Å². The number of aryl methyl sites for hydroxylation is 1. The molecule has 0 atom stereocenters. The van der Waals surface area contributed by atoms with E-state index in [0.717, 1.165) is 24.3 Å². The molecule has 0 spiro atoms. The van der Waals surface area contributed by atoms with Gasteiger partial charge in [0, 0.05) is 44.1 Å².